The molecule has 1 N–H and O–H groups in total. The number of hydrogen-bond acceptors (Lipinski definition) is 4. The molecule has 4 heteroatoms. The Balaban J connectivity index is 2.19. The van der Waals surface area contributed by atoms with Gasteiger partial charge in [-0.1, -0.05) is 19.1 Å². The Labute approximate surface area is 120 Å². The van der Waals surface area contributed by atoms with Crippen LogP contribution < -0.4 is 10.2 Å². The van der Waals surface area contributed by atoms with Crippen LogP contribution in [0.3, 0.4) is 0 Å². The van der Waals surface area contributed by atoms with Crippen LogP contribution in [0.2, 0.25) is 0 Å². The molecule has 0 aliphatic heterocycles. The fourth-order valence-electron chi connectivity index (χ4n) is 2.08. The predicted octanol–water partition coefficient (Wildman–Crippen LogP) is 3.05. The normalized spacial score (nSPS) is 10.6. The van der Waals surface area contributed by atoms with Gasteiger partial charge < -0.3 is 10.2 Å². The minimum absolute atomic E-state index is 0.748. The van der Waals surface area contributed by atoms with Gasteiger partial charge in [0, 0.05) is 36.7 Å². The lowest BCUT2D eigenvalue weighted by Gasteiger charge is -2.21. The number of nitrogens with zero attached hydrogens (tertiary/aromatic N) is 3. The third-order valence-corrected chi connectivity index (χ3v) is 3.14. The lowest BCUT2D eigenvalue weighted by Crippen LogP contribution is -2.19. The summed E-state index contributed by atoms with van der Waals surface area (Å²) in [6, 6.07) is 8.40. The summed E-state index contributed by atoms with van der Waals surface area (Å²) in [6.45, 7) is 8.90. The van der Waals surface area contributed by atoms with Crippen molar-refractivity contribution in [1.82, 2.24) is 15.3 Å². The number of aryl methyl sites for hydroxylation is 1. The third-order valence-electron chi connectivity index (χ3n) is 3.14. The van der Waals surface area contributed by atoms with Gasteiger partial charge in [0.2, 0.25) is 5.95 Å². The average Bonchev–Trinajstić information content (AvgIpc) is 2.47. The summed E-state index contributed by atoms with van der Waals surface area (Å²) in [5.74, 6) is 0.748. The molecular weight excluding hydrogens is 248 g/mol. The van der Waals surface area contributed by atoms with Crippen LogP contribution in [0.15, 0.2) is 36.7 Å². The van der Waals surface area contributed by atoms with Gasteiger partial charge >= 0.3 is 0 Å². The van der Waals surface area contributed by atoms with E-state index in [1.54, 1.807) is 0 Å². The van der Waals surface area contributed by atoms with Gasteiger partial charge in [0.15, 0.2) is 0 Å². The zero-order chi connectivity index (χ0) is 14.4. The SMILES string of the molecule is CCNCc1cnc(N(CC)c2cccc(C)c2)nc1. The molecule has 0 saturated carbocycles. The molecule has 0 atom stereocenters. The molecule has 0 unspecified atom stereocenters. The van der Waals surface area contributed by atoms with E-state index in [9.17, 15) is 0 Å². The highest BCUT2D eigenvalue weighted by Gasteiger charge is 2.10. The van der Waals surface area contributed by atoms with E-state index in [2.05, 4.69) is 65.2 Å². The lowest BCUT2D eigenvalue weighted by atomic mass is 10.2. The van der Waals surface area contributed by atoms with E-state index in [0.29, 0.717) is 0 Å². The lowest BCUT2D eigenvalue weighted by molar-refractivity contribution is 0.720. The van der Waals surface area contributed by atoms with Crippen LogP contribution in [0.4, 0.5) is 11.6 Å². The van der Waals surface area contributed by atoms with E-state index >= 15 is 0 Å². The van der Waals surface area contributed by atoms with Gasteiger partial charge in [0.25, 0.3) is 0 Å². The molecule has 0 radical (unpaired) electrons. The molecule has 2 aromatic rings. The van der Waals surface area contributed by atoms with Crippen molar-refractivity contribution in [3.8, 4) is 0 Å². The van der Waals surface area contributed by atoms with Gasteiger partial charge in [-0.05, 0) is 38.1 Å². The highest BCUT2D eigenvalue weighted by Crippen LogP contribution is 2.22. The molecule has 1 heterocycles. The van der Waals surface area contributed by atoms with Crippen LogP contribution >= 0.6 is 0 Å². The van der Waals surface area contributed by atoms with Crippen molar-refractivity contribution in [2.24, 2.45) is 0 Å². The number of aromatic nitrogens is 2. The fourth-order valence-corrected chi connectivity index (χ4v) is 2.08. The second kappa shape index (κ2) is 7.01. The first kappa shape index (κ1) is 14.5. The maximum Gasteiger partial charge on any atom is 0.229 e. The van der Waals surface area contributed by atoms with Gasteiger partial charge in [-0.25, -0.2) is 9.97 Å². The van der Waals surface area contributed by atoms with Crippen molar-refractivity contribution in [1.29, 1.82) is 0 Å². The Bertz CT molecular complexity index is 536. The summed E-state index contributed by atoms with van der Waals surface area (Å²) < 4.78 is 0. The summed E-state index contributed by atoms with van der Waals surface area (Å²) >= 11 is 0. The van der Waals surface area contributed by atoms with E-state index in [0.717, 1.165) is 36.8 Å². The molecular formula is C16H22N4. The van der Waals surface area contributed by atoms with Gasteiger partial charge in [-0.15, -0.1) is 0 Å². The van der Waals surface area contributed by atoms with Crippen molar-refractivity contribution in [3.63, 3.8) is 0 Å². The molecule has 0 bridgehead atoms. The van der Waals surface area contributed by atoms with Gasteiger partial charge in [-0.2, -0.15) is 0 Å². The van der Waals surface area contributed by atoms with Crippen molar-refractivity contribution in [2.45, 2.75) is 27.3 Å². The highest BCUT2D eigenvalue weighted by molar-refractivity contribution is 5.57. The number of rotatable bonds is 6. The van der Waals surface area contributed by atoms with Crippen LogP contribution in [0.25, 0.3) is 0 Å². The van der Waals surface area contributed by atoms with E-state index in [1.165, 1.54) is 5.56 Å². The van der Waals surface area contributed by atoms with Crippen LogP contribution in [0.1, 0.15) is 25.0 Å². The summed E-state index contributed by atoms with van der Waals surface area (Å²) in [7, 11) is 0. The Morgan fingerprint density at radius 1 is 1.15 bits per heavy atom. The monoisotopic (exact) mass is 270 g/mol. The first-order valence-corrected chi connectivity index (χ1v) is 7.10. The first-order valence-electron chi connectivity index (χ1n) is 7.10. The second-order valence-corrected chi connectivity index (χ2v) is 4.75. The topological polar surface area (TPSA) is 41.1 Å². The standard InChI is InChI=1S/C16H22N4/c1-4-17-10-14-11-18-16(19-12-14)20(5-2)15-8-6-7-13(3)9-15/h6-9,11-12,17H,4-5,10H2,1-3H3. The minimum Gasteiger partial charge on any atom is -0.313 e. The quantitative estimate of drug-likeness (QED) is 0.876. The third kappa shape index (κ3) is 3.54. The maximum atomic E-state index is 4.48. The van der Waals surface area contributed by atoms with Crippen molar-refractivity contribution >= 4 is 11.6 Å². The second-order valence-electron chi connectivity index (χ2n) is 4.75. The van der Waals surface area contributed by atoms with E-state index in [4.69, 9.17) is 0 Å². The Morgan fingerprint density at radius 3 is 2.50 bits per heavy atom. The molecule has 0 fully saturated rings. The molecule has 1 aromatic carbocycles. The fraction of sp³-hybridized carbons (Fsp3) is 0.375. The van der Waals surface area contributed by atoms with E-state index < -0.39 is 0 Å². The predicted molar refractivity (Wildman–Crippen MR) is 83.3 cm³/mol. The molecule has 20 heavy (non-hydrogen) atoms. The Morgan fingerprint density at radius 2 is 1.90 bits per heavy atom. The van der Waals surface area contributed by atoms with Crippen molar-refractivity contribution in [3.05, 3.63) is 47.8 Å². The van der Waals surface area contributed by atoms with E-state index in [-0.39, 0.29) is 0 Å². The maximum absolute atomic E-state index is 4.48. The van der Waals surface area contributed by atoms with Crippen LogP contribution in [-0.4, -0.2) is 23.1 Å². The minimum atomic E-state index is 0.748. The molecule has 0 spiro atoms. The summed E-state index contributed by atoms with van der Waals surface area (Å²) in [5, 5.41) is 3.27. The number of anilines is 2. The molecule has 1 aromatic heterocycles. The van der Waals surface area contributed by atoms with Crippen LogP contribution in [0.5, 0.6) is 0 Å². The zero-order valence-corrected chi connectivity index (χ0v) is 12.4. The molecule has 0 aliphatic carbocycles. The van der Waals surface area contributed by atoms with Crippen molar-refractivity contribution in [2.75, 3.05) is 18.0 Å². The molecule has 106 valence electrons. The van der Waals surface area contributed by atoms with Crippen molar-refractivity contribution < 1.29 is 0 Å². The zero-order valence-electron chi connectivity index (χ0n) is 12.4. The Kier molecular flexibility index (Phi) is 5.07. The van der Waals surface area contributed by atoms with Gasteiger partial charge in [0.1, 0.15) is 0 Å². The summed E-state index contributed by atoms with van der Waals surface area (Å²) in [6.07, 6.45) is 3.78. The molecule has 0 aliphatic rings. The summed E-state index contributed by atoms with van der Waals surface area (Å²) in [4.78, 5) is 11.1. The largest absolute Gasteiger partial charge is 0.313 e. The molecule has 4 nitrogen and oxygen atoms in total. The summed E-state index contributed by atoms with van der Waals surface area (Å²) in [5.41, 5.74) is 3.48. The highest BCUT2D eigenvalue weighted by atomic mass is 15.2. The Hall–Kier alpha value is -1.94. The molecule has 0 amide bonds. The number of benzene rings is 1. The molecule has 0 saturated heterocycles. The number of hydrogen-bond donors (Lipinski definition) is 1. The first-order chi connectivity index (χ1) is 9.74. The van der Waals surface area contributed by atoms with Gasteiger partial charge in [0.05, 0.1) is 0 Å². The smallest absolute Gasteiger partial charge is 0.229 e. The molecule has 2 rings (SSSR count). The van der Waals surface area contributed by atoms with Gasteiger partial charge in [-0.3, -0.25) is 0 Å². The van der Waals surface area contributed by atoms with Crippen LogP contribution in [0, 0.1) is 6.92 Å². The average molecular weight is 270 g/mol. The van der Waals surface area contributed by atoms with E-state index in [1.807, 2.05) is 12.4 Å². The number of nitrogens with one attached hydrogen (secondary N) is 1. The van der Waals surface area contributed by atoms with Crippen LogP contribution in [-0.2, 0) is 6.54 Å².